The summed E-state index contributed by atoms with van der Waals surface area (Å²) in [4.78, 5) is 23.8. The SMILES string of the molecule is CCCOC(=O)CCCCCCCCCCCNC(=O)NC12CC3CC(CC(C3)C1)C2. The maximum atomic E-state index is 12.4. The monoisotopic (exact) mass is 434 g/mol. The number of ether oxygens (including phenoxy) is 1. The Morgan fingerprint density at radius 3 is 1.87 bits per heavy atom. The second kappa shape index (κ2) is 12.7. The largest absolute Gasteiger partial charge is 0.466 e. The standard InChI is InChI=1S/C26H46N2O3/c1-2-14-31-24(29)12-10-8-6-4-3-5-7-9-11-13-27-25(30)28-26-18-21-15-22(19-26)17-23(16-21)20-26/h21-23H,2-20H2,1H3,(H2,27,28,30). The number of amides is 2. The molecule has 0 aliphatic heterocycles. The lowest BCUT2D eigenvalue weighted by Gasteiger charge is -2.56. The Hall–Kier alpha value is -1.26. The summed E-state index contributed by atoms with van der Waals surface area (Å²) in [5.41, 5.74) is 0.120. The average Bonchev–Trinajstić information content (AvgIpc) is 2.71. The van der Waals surface area contributed by atoms with E-state index in [-0.39, 0.29) is 17.5 Å². The van der Waals surface area contributed by atoms with E-state index in [4.69, 9.17) is 4.74 Å². The second-order valence-electron chi connectivity index (χ2n) is 10.7. The molecule has 4 bridgehead atoms. The number of unbranched alkanes of at least 4 members (excludes halogenated alkanes) is 8. The van der Waals surface area contributed by atoms with Crippen molar-refractivity contribution in [3.8, 4) is 0 Å². The van der Waals surface area contributed by atoms with Crippen LogP contribution < -0.4 is 10.6 Å². The van der Waals surface area contributed by atoms with Crippen molar-refractivity contribution in [2.75, 3.05) is 13.2 Å². The van der Waals surface area contributed by atoms with Crippen molar-refractivity contribution >= 4 is 12.0 Å². The van der Waals surface area contributed by atoms with E-state index in [2.05, 4.69) is 10.6 Å². The van der Waals surface area contributed by atoms with E-state index in [1.165, 1.54) is 77.0 Å². The molecular weight excluding hydrogens is 388 g/mol. The van der Waals surface area contributed by atoms with Crippen LogP contribution in [0.25, 0.3) is 0 Å². The van der Waals surface area contributed by atoms with Crippen LogP contribution >= 0.6 is 0 Å². The van der Waals surface area contributed by atoms with Crippen molar-refractivity contribution in [2.24, 2.45) is 17.8 Å². The first-order chi connectivity index (χ1) is 15.1. The molecule has 0 aromatic carbocycles. The second-order valence-corrected chi connectivity index (χ2v) is 10.7. The van der Waals surface area contributed by atoms with Gasteiger partial charge >= 0.3 is 12.0 Å². The molecule has 178 valence electrons. The van der Waals surface area contributed by atoms with Crippen LogP contribution in [0.2, 0.25) is 0 Å². The fourth-order valence-corrected chi connectivity index (χ4v) is 6.67. The Morgan fingerprint density at radius 1 is 0.806 bits per heavy atom. The normalized spacial score (nSPS) is 28.5. The molecule has 5 heteroatoms. The summed E-state index contributed by atoms with van der Waals surface area (Å²) >= 11 is 0. The van der Waals surface area contributed by atoms with Crippen LogP contribution in [0, 0.1) is 17.8 Å². The highest BCUT2D eigenvalue weighted by Crippen LogP contribution is 2.55. The Bertz CT molecular complexity index is 528. The predicted octanol–water partition coefficient (Wildman–Crippen LogP) is 6.11. The predicted molar refractivity (Wildman–Crippen MR) is 125 cm³/mol. The van der Waals surface area contributed by atoms with Crippen LogP contribution in [0.4, 0.5) is 4.79 Å². The van der Waals surface area contributed by atoms with Gasteiger partial charge in [-0.1, -0.05) is 51.9 Å². The third kappa shape index (κ3) is 8.31. The molecule has 4 aliphatic carbocycles. The molecule has 0 heterocycles. The molecule has 4 fully saturated rings. The van der Waals surface area contributed by atoms with Gasteiger partial charge in [-0.05, 0) is 75.5 Å². The number of hydrogen-bond donors (Lipinski definition) is 2. The van der Waals surface area contributed by atoms with E-state index in [9.17, 15) is 9.59 Å². The van der Waals surface area contributed by atoms with Gasteiger partial charge in [0.05, 0.1) is 6.61 Å². The number of rotatable bonds is 15. The smallest absolute Gasteiger partial charge is 0.315 e. The van der Waals surface area contributed by atoms with Gasteiger partial charge in [-0.2, -0.15) is 0 Å². The molecular formula is C26H46N2O3. The molecule has 0 atom stereocenters. The molecule has 0 radical (unpaired) electrons. The summed E-state index contributed by atoms with van der Waals surface area (Å²) in [6.07, 6.45) is 20.0. The zero-order chi connectivity index (χ0) is 21.9. The molecule has 2 amide bonds. The first-order valence-electron chi connectivity index (χ1n) is 13.3. The van der Waals surface area contributed by atoms with Gasteiger partial charge in [-0.15, -0.1) is 0 Å². The minimum Gasteiger partial charge on any atom is -0.466 e. The molecule has 4 rings (SSSR count). The van der Waals surface area contributed by atoms with Crippen LogP contribution in [0.3, 0.4) is 0 Å². The first kappa shape index (κ1) is 24.4. The van der Waals surface area contributed by atoms with Gasteiger partial charge in [-0.25, -0.2) is 4.79 Å². The molecule has 0 saturated heterocycles. The van der Waals surface area contributed by atoms with Gasteiger partial charge in [0.2, 0.25) is 0 Å². The summed E-state index contributed by atoms with van der Waals surface area (Å²) in [6.45, 7) is 3.37. The molecule has 5 nitrogen and oxygen atoms in total. The van der Waals surface area contributed by atoms with Crippen LogP contribution in [0.1, 0.15) is 116 Å². The quantitative estimate of drug-likeness (QED) is 0.241. The Kier molecular flexibility index (Phi) is 9.98. The van der Waals surface area contributed by atoms with E-state index >= 15 is 0 Å². The number of carbonyl (C=O) groups excluding carboxylic acids is 2. The van der Waals surface area contributed by atoms with E-state index in [1.54, 1.807) is 0 Å². The van der Waals surface area contributed by atoms with Crippen LogP contribution in [0.5, 0.6) is 0 Å². The fourth-order valence-electron chi connectivity index (χ4n) is 6.67. The van der Waals surface area contributed by atoms with Gasteiger partial charge in [0.1, 0.15) is 0 Å². The van der Waals surface area contributed by atoms with Crippen LogP contribution in [-0.4, -0.2) is 30.7 Å². The minimum absolute atomic E-state index is 0.0397. The van der Waals surface area contributed by atoms with Crippen molar-refractivity contribution < 1.29 is 14.3 Å². The van der Waals surface area contributed by atoms with Crippen LogP contribution in [0.15, 0.2) is 0 Å². The average molecular weight is 435 g/mol. The summed E-state index contributed by atoms with van der Waals surface area (Å²) < 4.78 is 5.09. The highest BCUT2D eigenvalue weighted by molar-refractivity contribution is 5.74. The summed E-state index contributed by atoms with van der Waals surface area (Å²) in [5, 5.41) is 6.51. The Morgan fingerprint density at radius 2 is 1.32 bits per heavy atom. The van der Waals surface area contributed by atoms with Crippen molar-refractivity contribution in [3.63, 3.8) is 0 Å². The molecule has 4 aliphatic rings. The highest BCUT2D eigenvalue weighted by atomic mass is 16.5. The van der Waals surface area contributed by atoms with Gasteiger partial charge in [-0.3, -0.25) is 4.79 Å². The third-order valence-electron chi connectivity index (χ3n) is 7.73. The van der Waals surface area contributed by atoms with E-state index < -0.39 is 0 Å². The summed E-state index contributed by atoms with van der Waals surface area (Å²) in [7, 11) is 0. The van der Waals surface area contributed by atoms with Gasteiger partial charge in [0, 0.05) is 18.5 Å². The van der Waals surface area contributed by atoms with Gasteiger partial charge < -0.3 is 15.4 Å². The van der Waals surface area contributed by atoms with Crippen molar-refractivity contribution in [2.45, 2.75) is 122 Å². The Labute approximate surface area is 189 Å². The lowest BCUT2D eigenvalue weighted by molar-refractivity contribution is -0.143. The molecule has 4 saturated carbocycles. The molecule has 0 aromatic heterocycles. The van der Waals surface area contributed by atoms with Crippen molar-refractivity contribution in [1.29, 1.82) is 0 Å². The lowest BCUT2D eigenvalue weighted by Crippen LogP contribution is -2.61. The van der Waals surface area contributed by atoms with E-state index in [0.29, 0.717) is 13.0 Å². The number of carbonyl (C=O) groups is 2. The Balaban J connectivity index is 1.10. The van der Waals surface area contributed by atoms with Crippen molar-refractivity contribution in [1.82, 2.24) is 10.6 Å². The summed E-state index contributed by atoms with van der Waals surface area (Å²) in [5.74, 6) is 2.57. The molecule has 0 aromatic rings. The van der Waals surface area contributed by atoms with E-state index in [0.717, 1.165) is 50.0 Å². The molecule has 2 N–H and O–H groups in total. The molecule has 0 spiro atoms. The zero-order valence-corrected chi connectivity index (χ0v) is 19.9. The lowest BCUT2D eigenvalue weighted by atomic mass is 9.53. The van der Waals surface area contributed by atoms with E-state index in [1.807, 2.05) is 6.92 Å². The minimum atomic E-state index is -0.0397. The number of nitrogens with one attached hydrogen (secondary N) is 2. The fraction of sp³-hybridized carbons (Fsp3) is 0.923. The number of urea groups is 1. The zero-order valence-electron chi connectivity index (χ0n) is 19.9. The topological polar surface area (TPSA) is 67.4 Å². The third-order valence-corrected chi connectivity index (χ3v) is 7.73. The van der Waals surface area contributed by atoms with Crippen LogP contribution in [-0.2, 0) is 9.53 Å². The number of esters is 1. The molecule has 31 heavy (non-hydrogen) atoms. The van der Waals surface area contributed by atoms with Gasteiger partial charge in [0.25, 0.3) is 0 Å². The maximum Gasteiger partial charge on any atom is 0.315 e. The summed E-state index contributed by atoms with van der Waals surface area (Å²) in [6, 6.07) is 0.0699. The molecule has 0 unspecified atom stereocenters. The maximum absolute atomic E-state index is 12.4. The number of hydrogen-bond acceptors (Lipinski definition) is 3. The first-order valence-corrected chi connectivity index (χ1v) is 13.3. The van der Waals surface area contributed by atoms with Gasteiger partial charge in [0.15, 0.2) is 0 Å². The highest BCUT2D eigenvalue weighted by Gasteiger charge is 2.51. The van der Waals surface area contributed by atoms with Crippen molar-refractivity contribution in [3.05, 3.63) is 0 Å².